The molecule has 5 nitrogen and oxygen atoms in total. The van der Waals surface area contributed by atoms with Gasteiger partial charge >= 0.3 is 0 Å². The Morgan fingerprint density at radius 2 is 1.83 bits per heavy atom. The largest absolute Gasteiger partial charge is 0.431 e. The minimum Gasteiger partial charge on any atom is -0.431 e. The Kier molecular flexibility index (Phi) is 5.21. The number of benzene rings is 2. The molecule has 2 bridgehead atoms. The van der Waals surface area contributed by atoms with Crippen LogP contribution < -0.4 is 4.74 Å². The molecule has 0 radical (unpaired) electrons. The molecule has 2 aliphatic heterocycles. The Hall–Kier alpha value is -2.44. The number of piperidine rings is 1. The number of rotatable bonds is 5. The Balaban J connectivity index is 1.23. The number of fused-ring (bicyclic) bond motifs is 3. The average molecular weight is 422 g/mol. The number of nitrogens with zero attached hydrogens (tertiary/aromatic N) is 3. The van der Waals surface area contributed by atoms with Gasteiger partial charge in [0.1, 0.15) is 5.75 Å². The van der Waals surface area contributed by atoms with Crippen LogP contribution in [0.1, 0.15) is 38.2 Å². The van der Waals surface area contributed by atoms with Gasteiger partial charge in [-0.15, -0.1) is 0 Å². The van der Waals surface area contributed by atoms with Gasteiger partial charge in [-0.05, 0) is 55.5 Å². The van der Waals surface area contributed by atoms with Gasteiger partial charge in [0.05, 0.1) is 10.2 Å². The van der Waals surface area contributed by atoms with Crippen molar-refractivity contribution < 1.29 is 9.53 Å². The summed E-state index contributed by atoms with van der Waals surface area (Å²) in [5.74, 6) is 0.999. The molecule has 0 aliphatic carbocycles. The van der Waals surface area contributed by atoms with E-state index in [2.05, 4.69) is 28.1 Å². The van der Waals surface area contributed by atoms with Gasteiger partial charge in [0.15, 0.2) is 0 Å². The van der Waals surface area contributed by atoms with E-state index in [0.29, 0.717) is 23.3 Å². The van der Waals surface area contributed by atoms with Crippen molar-refractivity contribution >= 4 is 27.5 Å². The molecule has 30 heavy (non-hydrogen) atoms. The molecule has 0 unspecified atom stereocenters. The maximum Gasteiger partial charge on any atom is 0.279 e. The second-order valence-corrected chi connectivity index (χ2v) is 9.50. The summed E-state index contributed by atoms with van der Waals surface area (Å²) < 4.78 is 7.12. The van der Waals surface area contributed by atoms with Crippen molar-refractivity contribution in [1.82, 2.24) is 14.8 Å². The van der Waals surface area contributed by atoms with E-state index in [1.165, 1.54) is 18.4 Å². The first kappa shape index (κ1) is 19.5. The number of hydrogen-bond donors (Lipinski definition) is 0. The molecule has 6 heteroatoms. The molecule has 2 aliphatic rings. The monoisotopic (exact) mass is 421 g/mol. The van der Waals surface area contributed by atoms with E-state index in [1.54, 1.807) is 18.3 Å². The molecule has 2 fully saturated rings. The average Bonchev–Trinajstić information content (AvgIpc) is 3.24. The highest BCUT2D eigenvalue weighted by molar-refractivity contribution is 7.20. The topological polar surface area (TPSA) is 45.7 Å². The van der Waals surface area contributed by atoms with Gasteiger partial charge in [-0.25, -0.2) is 4.98 Å². The molecule has 0 N–H and O–H groups in total. The number of amides is 1. The lowest BCUT2D eigenvalue weighted by molar-refractivity contribution is -0.131. The summed E-state index contributed by atoms with van der Waals surface area (Å²) in [5.41, 5.74) is 2.28. The van der Waals surface area contributed by atoms with Crippen LogP contribution in [0.15, 0.2) is 48.5 Å². The predicted molar refractivity (Wildman–Crippen MR) is 120 cm³/mol. The molecule has 1 aromatic heterocycles. The number of ether oxygens (including phenoxy) is 1. The summed E-state index contributed by atoms with van der Waals surface area (Å²) >= 11 is 1.57. The van der Waals surface area contributed by atoms with Gasteiger partial charge in [-0.1, -0.05) is 35.6 Å². The Morgan fingerprint density at radius 3 is 2.50 bits per heavy atom. The fraction of sp³-hybridized carbons (Fsp3) is 0.417. The number of carbonyl (C=O) groups excluding carboxylic acids is 1. The van der Waals surface area contributed by atoms with Crippen molar-refractivity contribution in [1.29, 1.82) is 0 Å². The molecule has 3 aromatic rings. The van der Waals surface area contributed by atoms with Gasteiger partial charge in [-0.3, -0.25) is 9.69 Å². The summed E-state index contributed by atoms with van der Waals surface area (Å²) in [4.78, 5) is 20.9. The zero-order valence-corrected chi connectivity index (χ0v) is 18.3. The summed E-state index contributed by atoms with van der Waals surface area (Å²) in [6, 6.07) is 18.0. The third-order valence-electron chi connectivity index (χ3n) is 6.67. The lowest BCUT2D eigenvalue weighted by Crippen LogP contribution is -2.50. The van der Waals surface area contributed by atoms with Crippen molar-refractivity contribution in [2.24, 2.45) is 0 Å². The van der Waals surface area contributed by atoms with Gasteiger partial charge in [-0.2, -0.15) is 0 Å². The van der Waals surface area contributed by atoms with Crippen molar-refractivity contribution in [3.63, 3.8) is 0 Å². The third kappa shape index (κ3) is 3.82. The number of carbonyl (C=O) groups is 1. The van der Waals surface area contributed by atoms with Gasteiger partial charge in [0, 0.05) is 38.6 Å². The summed E-state index contributed by atoms with van der Waals surface area (Å²) in [5, 5.41) is 0.679. The zero-order chi connectivity index (χ0) is 20.7. The molecule has 2 saturated heterocycles. The minimum absolute atomic E-state index is 0.177. The van der Waals surface area contributed by atoms with Crippen molar-refractivity contribution in [2.45, 2.75) is 57.3 Å². The van der Waals surface area contributed by atoms with Crippen LogP contribution >= 0.6 is 11.3 Å². The van der Waals surface area contributed by atoms with Crippen LogP contribution in [-0.4, -0.2) is 45.9 Å². The van der Waals surface area contributed by atoms with Crippen molar-refractivity contribution in [3.05, 3.63) is 54.1 Å². The SMILES string of the molecule is CC(=O)N(C)C1C[C@H]2CC[C@H](C1)N2Cc1ccc(Oc2nc3ccccc3s2)cc1. The number of para-hydroxylation sites is 1. The van der Waals surface area contributed by atoms with E-state index in [4.69, 9.17) is 4.74 Å². The molecular weight excluding hydrogens is 394 g/mol. The standard InChI is InChI=1S/C24H27N3O2S/c1-16(28)26(2)20-13-18-9-10-19(14-20)27(18)15-17-7-11-21(12-8-17)29-24-25-22-5-3-4-6-23(22)30-24/h3-8,11-12,18-20H,9-10,13-15H2,1-2H3/t18-,19-/m1/s1. The molecule has 0 spiro atoms. The van der Waals surface area contributed by atoms with Crippen LogP contribution in [0.4, 0.5) is 0 Å². The quantitative estimate of drug-likeness (QED) is 0.577. The molecule has 0 saturated carbocycles. The maximum absolute atomic E-state index is 11.8. The fourth-order valence-corrected chi connectivity index (χ4v) is 5.78. The van der Waals surface area contributed by atoms with Crippen LogP contribution in [0.2, 0.25) is 0 Å². The van der Waals surface area contributed by atoms with Crippen LogP contribution in [0, 0.1) is 0 Å². The molecule has 156 valence electrons. The van der Waals surface area contributed by atoms with Gasteiger partial charge in [0.25, 0.3) is 5.19 Å². The fourth-order valence-electron chi connectivity index (χ4n) is 4.95. The number of hydrogen-bond acceptors (Lipinski definition) is 5. The predicted octanol–water partition coefficient (Wildman–Crippen LogP) is 5.06. The highest BCUT2D eigenvalue weighted by atomic mass is 32.1. The first-order chi connectivity index (χ1) is 14.6. The number of aromatic nitrogens is 1. The summed E-state index contributed by atoms with van der Waals surface area (Å²) in [6.07, 6.45) is 4.66. The molecule has 5 rings (SSSR count). The van der Waals surface area contributed by atoms with Crippen LogP contribution in [0.3, 0.4) is 0 Å². The van der Waals surface area contributed by atoms with Crippen LogP contribution in [0.25, 0.3) is 10.2 Å². The normalized spacial score (nSPS) is 23.6. The molecule has 3 heterocycles. The summed E-state index contributed by atoms with van der Waals surface area (Å²) in [6.45, 7) is 2.64. The Morgan fingerprint density at radius 1 is 1.13 bits per heavy atom. The summed E-state index contributed by atoms with van der Waals surface area (Å²) in [7, 11) is 1.95. The lowest BCUT2D eigenvalue weighted by Gasteiger charge is -2.42. The van der Waals surface area contributed by atoms with E-state index in [1.807, 2.05) is 42.3 Å². The zero-order valence-electron chi connectivity index (χ0n) is 17.5. The highest BCUT2D eigenvalue weighted by Gasteiger charge is 2.42. The first-order valence-corrected chi connectivity index (χ1v) is 11.5. The van der Waals surface area contributed by atoms with Crippen molar-refractivity contribution in [3.8, 4) is 10.9 Å². The van der Waals surface area contributed by atoms with E-state index in [9.17, 15) is 4.79 Å². The highest BCUT2D eigenvalue weighted by Crippen LogP contribution is 2.38. The maximum atomic E-state index is 11.8. The second-order valence-electron chi connectivity index (χ2n) is 8.51. The number of thiazole rings is 1. The molecule has 1 amide bonds. The van der Waals surface area contributed by atoms with Gasteiger partial charge in [0.2, 0.25) is 5.91 Å². The van der Waals surface area contributed by atoms with Crippen LogP contribution in [-0.2, 0) is 11.3 Å². The third-order valence-corrected chi connectivity index (χ3v) is 7.59. The molecular formula is C24H27N3O2S. The first-order valence-electron chi connectivity index (χ1n) is 10.7. The van der Waals surface area contributed by atoms with E-state index < -0.39 is 0 Å². The van der Waals surface area contributed by atoms with E-state index in [0.717, 1.165) is 35.4 Å². The second kappa shape index (κ2) is 8.00. The van der Waals surface area contributed by atoms with E-state index in [-0.39, 0.29) is 5.91 Å². The molecule has 2 atom stereocenters. The minimum atomic E-state index is 0.177. The lowest BCUT2D eigenvalue weighted by atomic mass is 9.95. The Bertz CT molecular complexity index is 1000. The smallest absolute Gasteiger partial charge is 0.279 e. The van der Waals surface area contributed by atoms with Gasteiger partial charge < -0.3 is 9.64 Å². The Labute approximate surface area is 181 Å². The molecule has 2 aromatic carbocycles. The van der Waals surface area contributed by atoms with E-state index >= 15 is 0 Å². The van der Waals surface area contributed by atoms with Crippen LogP contribution in [0.5, 0.6) is 10.9 Å². The van der Waals surface area contributed by atoms with Crippen molar-refractivity contribution in [2.75, 3.05) is 7.05 Å².